The van der Waals surface area contributed by atoms with E-state index in [1.807, 2.05) is 6.92 Å². The molecule has 0 aromatic heterocycles. The summed E-state index contributed by atoms with van der Waals surface area (Å²) in [5.74, 6) is 0.302. The number of allylic oxidation sites excluding steroid dienone is 1. The zero-order chi connectivity index (χ0) is 11.3. The maximum Gasteiger partial charge on any atom is 0.0766 e. The molecule has 0 aromatic carbocycles. The number of hydrogen-bond acceptors (Lipinski definition) is 2. The highest BCUT2D eigenvalue weighted by atomic mass is 16.3. The van der Waals surface area contributed by atoms with Crippen LogP contribution in [0.3, 0.4) is 0 Å². The third-order valence-corrected chi connectivity index (χ3v) is 3.48. The maximum absolute atomic E-state index is 10.0. The number of rotatable bonds is 6. The Labute approximate surface area is 93.8 Å². The van der Waals surface area contributed by atoms with Crippen molar-refractivity contribution in [3.05, 3.63) is 11.6 Å². The molecule has 0 heterocycles. The van der Waals surface area contributed by atoms with Crippen LogP contribution in [-0.2, 0) is 0 Å². The smallest absolute Gasteiger partial charge is 0.0766 e. The van der Waals surface area contributed by atoms with E-state index in [2.05, 4.69) is 25.2 Å². The van der Waals surface area contributed by atoms with Crippen LogP contribution >= 0.6 is 0 Å². The van der Waals surface area contributed by atoms with Gasteiger partial charge in [-0.2, -0.15) is 0 Å². The molecule has 0 radical (unpaired) electrons. The molecule has 2 nitrogen and oxygen atoms in total. The average Bonchev–Trinajstić information content (AvgIpc) is 2.64. The van der Waals surface area contributed by atoms with Gasteiger partial charge in [-0.3, -0.25) is 0 Å². The Morgan fingerprint density at radius 2 is 2.27 bits per heavy atom. The van der Waals surface area contributed by atoms with Gasteiger partial charge in [0.15, 0.2) is 0 Å². The van der Waals surface area contributed by atoms with Crippen molar-refractivity contribution in [2.45, 2.75) is 52.1 Å². The minimum atomic E-state index is -0.579. The van der Waals surface area contributed by atoms with Gasteiger partial charge in [-0.1, -0.05) is 25.5 Å². The van der Waals surface area contributed by atoms with Crippen molar-refractivity contribution >= 4 is 0 Å². The second-order valence-corrected chi connectivity index (χ2v) is 5.19. The van der Waals surface area contributed by atoms with Crippen molar-refractivity contribution in [3.63, 3.8) is 0 Å². The molecule has 0 saturated carbocycles. The normalized spacial score (nSPS) is 20.5. The second kappa shape index (κ2) is 5.66. The Kier molecular flexibility index (Phi) is 4.81. The van der Waals surface area contributed by atoms with E-state index in [0.717, 1.165) is 13.0 Å². The third-order valence-electron chi connectivity index (χ3n) is 3.48. The van der Waals surface area contributed by atoms with Crippen LogP contribution in [0.4, 0.5) is 0 Å². The van der Waals surface area contributed by atoms with E-state index in [9.17, 15) is 5.11 Å². The highest BCUT2D eigenvalue weighted by molar-refractivity contribution is 5.07. The summed E-state index contributed by atoms with van der Waals surface area (Å²) in [6.45, 7) is 7.70. The molecule has 0 amide bonds. The molecule has 15 heavy (non-hydrogen) atoms. The van der Waals surface area contributed by atoms with Crippen LogP contribution in [0, 0.1) is 5.92 Å². The van der Waals surface area contributed by atoms with E-state index in [4.69, 9.17) is 0 Å². The van der Waals surface area contributed by atoms with Gasteiger partial charge in [-0.25, -0.2) is 0 Å². The van der Waals surface area contributed by atoms with E-state index < -0.39 is 5.60 Å². The van der Waals surface area contributed by atoms with Crippen LogP contribution in [0.1, 0.15) is 46.5 Å². The van der Waals surface area contributed by atoms with Crippen LogP contribution in [0.15, 0.2) is 11.6 Å². The summed E-state index contributed by atoms with van der Waals surface area (Å²) in [5.41, 5.74) is 1.01. The van der Waals surface area contributed by atoms with Crippen molar-refractivity contribution < 1.29 is 5.11 Å². The fourth-order valence-electron chi connectivity index (χ4n) is 1.76. The molecule has 1 aliphatic rings. The number of nitrogens with one attached hydrogen (secondary N) is 1. The van der Waals surface area contributed by atoms with Gasteiger partial charge in [0.1, 0.15) is 0 Å². The summed E-state index contributed by atoms with van der Waals surface area (Å²) < 4.78 is 0. The molecular formula is C13H25NO. The van der Waals surface area contributed by atoms with Gasteiger partial charge in [0.25, 0.3) is 0 Å². The molecule has 0 bridgehead atoms. The maximum atomic E-state index is 10.0. The monoisotopic (exact) mass is 211 g/mol. The fourth-order valence-corrected chi connectivity index (χ4v) is 1.76. The zero-order valence-corrected chi connectivity index (χ0v) is 10.3. The molecule has 0 spiro atoms. The largest absolute Gasteiger partial charge is 0.389 e. The molecule has 0 fully saturated rings. The fraction of sp³-hybridized carbons (Fsp3) is 0.846. The lowest BCUT2D eigenvalue weighted by Gasteiger charge is -2.28. The molecule has 1 unspecified atom stereocenters. The van der Waals surface area contributed by atoms with E-state index in [1.165, 1.54) is 19.3 Å². The molecular weight excluding hydrogens is 186 g/mol. The molecule has 2 heteroatoms. The van der Waals surface area contributed by atoms with Gasteiger partial charge in [0, 0.05) is 6.54 Å². The van der Waals surface area contributed by atoms with Crippen molar-refractivity contribution in [2.24, 2.45) is 5.92 Å². The van der Waals surface area contributed by atoms with Gasteiger partial charge in [0.2, 0.25) is 0 Å². The van der Waals surface area contributed by atoms with Crippen LogP contribution < -0.4 is 5.32 Å². The first-order chi connectivity index (χ1) is 7.02. The van der Waals surface area contributed by atoms with Gasteiger partial charge in [-0.05, 0) is 45.1 Å². The van der Waals surface area contributed by atoms with Gasteiger partial charge >= 0.3 is 0 Å². The van der Waals surface area contributed by atoms with E-state index in [1.54, 1.807) is 5.57 Å². The molecule has 1 aliphatic carbocycles. The van der Waals surface area contributed by atoms with Crippen LogP contribution in [0.2, 0.25) is 0 Å². The van der Waals surface area contributed by atoms with Crippen molar-refractivity contribution in [1.29, 1.82) is 0 Å². The number of aliphatic hydroxyl groups is 1. The third kappa shape index (κ3) is 4.35. The van der Waals surface area contributed by atoms with E-state index >= 15 is 0 Å². The first kappa shape index (κ1) is 12.7. The first-order valence-electron chi connectivity index (χ1n) is 6.13. The Balaban J connectivity index is 2.10. The number of hydrogen-bond donors (Lipinski definition) is 2. The van der Waals surface area contributed by atoms with Crippen molar-refractivity contribution in [2.75, 3.05) is 13.1 Å². The lowest BCUT2D eigenvalue weighted by Crippen LogP contribution is -2.42. The quantitative estimate of drug-likeness (QED) is 0.522. The average molecular weight is 211 g/mol. The van der Waals surface area contributed by atoms with E-state index in [-0.39, 0.29) is 0 Å². The molecule has 2 N–H and O–H groups in total. The Morgan fingerprint density at radius 3 is 2.80 bits per heavy atom. The van der Waals surface area contributed by atoms with Crippen LogP contribution in [-0.4, -0.2) is 23.8 Å². The second-order valence-electron chi connectivity index (χ2n) is 5.19. The minimum absolute atomic E-state index is 0.302. The van der Waals surface area contributed by atoms with E-state index in [0.29, 0.717) is 12.5 Å². The molecule has 0 saturated heterocycles. The molecule has 88 valence electrons. The Hall–Kier alpha value is -0.340. The van der Waals surface area contributed by atoms with Gasteiger partial charge < -0.3 is 10.4 Å². The first-order valence-corrected chi connectivity index (χ1v) is 6.13. The summed E-state index contributed by atoms with van der Waals surface area (Å²) in [7, 11) is 0. The Bertz CT molecular complexity index is 219. The predicted octanol–water partition coefficient (Wildman–Crippen LogP) is 2.48. The van der Waals surface area contributed by atoms with Crippen LogP contribution in [0.5, 0.6) is 0 Å². The van der Waals surface area contributed by atoms with Crippen molar-refractivity contribution in [3.8, 4) is 0 Å². The molecule has 1 atom stereocenters. The summed E-state index contributed by atoms with van der Waals surface area (Å²) >= 11 is 0. The summed E-state index contributed by atoms with van der Waals surface area (Å²) in [6, 6.07) is 0. The zero-order valence-electron chi connectivity index (χ0n) is 10.3. The lowest BCUT2D eigenvalue weighted by molar-refractivity contribution is 0.0145. The van der Waals surface area contributed by atoms with Gasteiger partial charge in [0.05, 0.1) is 5.60 Å². The summed E-state index contributed by atoms with van der Waals surface area (Å²) in [4.78, 5) is 0. The summed E-state index contributed by atoms with van der Waals surface area (Å²) in [6.07, 6.45) is 7.39. The SMILES string of the molecule is CC(C)C(C)(O)CNCCC1=CCCC1. The van der Waals surface area contributed by atoms with Crippen LogP contribution in [0.25, 0.3) is 0 Å². The highest BCUT2D eigenvalue weighted by Crippen LogP contribution is 2.20. The standard InChI is InChI=1S/C13H25NO/c1-11(2)13(3,15)10-14-9-8-12-6-4-5-7-12/h6,11,14-15H,4-5,7-10H2,1-3H3. The predicted molar refractivity (Wildman–Crippen MR) is 64.9 cm³/mol. The summed E-state index contributed by atoms with van der Waals surface area (Å²) in [5, 5.41) is 13.3. The lowest BCUT2D eigenvalue weighted by atomic mass is 9.92. The van der Waals surface area contributed by atoms with Gasteiger partial charge in [-0.15, -0.1) is 0 Å². The Morgan fingerprint density at radius 1 is 1.53 bits per heavy atom. The topological polar surface area (TPSA) is 32.3 Å². The minimum Gasteiger partial charge on any atom is -0.389 e. The highest BCUT2D eigenvalue weighted by Gasteiger charge is 2.23. The molecule has 1 rings (SSSR count). The molecule has 0 aliphatic heterocycles. The van der Waals surface area contributed by atoms with Crippen molar-refractivity contribution in [1.82, 2.24) is 5.32 Å². The molecule has 0 aromatic rings.